The molecule has 0 saturated carbocycles. The Kier molecular flexibility index (Phi) is 7.64. The molecule has 4 heteroatoms. The zero-order chi connectivity index (χ0) is 37.1. The van der Waals surface area contributed by atoms with Crippen LogP contribution in [0.25, 0.3) is 67.5 Å². The molecule has 1 aliphatic heterocycles. The third kappa shape index (κ3) is 5.18. The molecule has 0 radical (unpaired) electrons. The van der Waals surface area contributed by atoms with Crippen LogP contribution >= 0.6 is 11.8 Å². The zero-order valence-electron chi connectivity index (χ0n) is 30.3. The molecule has 1 aromatic heterocycles. The lowest BCUT2D eigenvalue weighted by Crippen LogP contribution is -2.32. The van der Waals surface area contributed by atoms with Crippen LogP contribution in [0.1, 0.15) is 22.3 Å². The van der Waals surface area contributed by atoms with Gasteiger partial charge in [0, 0.05) is 26.5 Å². The summed E-state index contributed by atoms with van der Waals surface area (Å²) in [6.45, 7) is 0. The van der Waals surface area contributed by atoms with E-state index in [9.17, 15) is 0 Å². The van der Waals surface area contributed by atoms with Gasteiger partial charge in [0.15, 0.2) is 17.5 Å². The summed E-state index contributed by atoms with van der Waals surface area (Å²) in [6.07, 6.45) is 0. The van der Waals surface area contributed by atoms with Crippen molar-refractivity contribution in [3.05, 3.63) is 222 Å². The Morgan fingerprint density at radius 2 is 0.714 bits per heavy atom. The van der Waals surface area contributed by atoms with Gasteiger partial charge in [-0.3, -0.25) is 0 Å². The maximum atomic E-state index is 4.97. The monoisotopic (exact) mass is 731 g/mol. The van der Waals surface area contributed by atoms with Gasteiger partial charge >= 0.3 is 0 Å². The Morgan fingerprint density at radius 1 is 0.286 bits per heavy atom. The normalized spacial score (nSPS) is 13.1. The number of hydrogen-bond donors (Lipinski definition) is 0. The molecule has 0 saturated heterocycles. The van der Waals surface area contributed by atoms with Gasteiger partial charge in [-0.1, -0.05) is 188 Å². The summed E-state index contributed by atoms with van der Waals surface area (Å²) in [6, 6.07) is 71.7. The fourth-order valence-electron chi connectivity index (χ4n) is 8.67. The Morgan fingerprint density at radius 3 is 1.32 bits per heavy atom. The summed E-state index contributed by atoms with van der Waals surface area (Å²) in [5.74, 6) is 1.96. The van der Waals surface area contributed by atoms with Crippen LogP contribution < -0.4 is 0 Å². The van der Waals surface area contributed by atoms with Gasteiger partial charge in [-0.05, 0) is 79.9 Å². The molecule has 0 atom stereocenters. The van der Waals surface area contributed by atoms with Crippen molar-refractivity contribution in [2.45, 2.75) is 15.2 Å². The molecule has 56 heavy (non-hydrogen) atoms. The predicted molar refractivity (Wildman–Crippen MR) is 228 cm³/mol. The minimum Gasteiger partial charge on any atom is -0.208 e. The second kappa shape index (κ2) is 13.2. The van der Waals surface area contributed by atoms with Gasteiger partial charge in [-0.25, -0.2) is 15.0 Å². The molecule has 0 N–H and O–H groups in total. The molecular formula is C52H33N3S. The van der Waals surface area contributed by atoms with E-state index in [4.69, 9.17) is 15.0 Å². The van der Waals surface area contributed by atoms with Gasteiger partial charge in [-0.2, -0.15) is 0 Å². The van der Waals surface area contributed by atoms with Gasteiger partial charge in [0.05, 0.1) is 5.41 Å². The van der Waals surface area contributed by atoms with Crippen molar-refractivity contribution in [2.75, 3.05) is 0 Å². The van der Waals surface area contributed by atoms with E-state index in [1.54, 1.807) is 0 Å². The molecule has 2 heterocycles. The Balaban J connectivity index is 0.984. The average molecular weight is 732 g/mol. The van der Waals surface area contributed by atoms with Gasteiger partial charge in [0.25, 0.3) is 0 Å². The van der Waals surface area contributed by atoms with Crippen molar-refractivity contribution >= 4 is 11.8 Å². The fourth-order valence-corrected chi connectivity index (χ4v) is 9.84. The highest BCUT2D eigenvalue weighted by atomic mass is 32.2. The molecule has 3 nitrogen and oxygen atoms in total. The summed E-state index contributed by atoms with van der Waals surface area (Å²) >= 11 is 1.88. The van der Waals surface area contributed by atoms with Crippen LogP contribution in [0, 0.1) is 0 Å². The third-order valence-electron chi connectivity index (χ3n) is 11.2. The lowest BCUT2D eigenvalue weighted by atomic mass is 9.67. The van der Waals surface area contributed by atoms with Crippen LogP contribution in [0.3, 0.4) is 0 Å². The first-order chi connectivity index (χ1) is 27.7. The van der Waals surface area contributed by atoms with E-state index in [0.29, 0.717) is 17.5 Å². The zero-order valence-corrected chi connectivity index (χ0v) is 31.1. The Labute approximate surface area is 330 Å². The van der Waals surface area contributed by atoms with Gasteiger partial charge in [0.2, 0.25) is 0 Å². The molecule has 0 amide bonds. The highest BCUT2D eigenvalue weighted by Crippen LogP contribution is 2.62. The first-order valence-corrected chi connectivity index (χ1v) is 19.8. The van der Waals surface area contributed by atoms with Crippen molar-refractivity contribution in [1.82, 2.24) is 15.0 Å². The average Bonchev–Trinajstić information content (AvgIpc) is 3.57. The highest BCUT2D eigenvalue weighted by Gasteiger charge is 2.50. The van der Waals surface area contributed by atoms with Crippen LogP contribution in [0.5, 0.6) is 0 Å². The molecule has 262 valence electrons. The first kappa shape index (κ1) is 32.5. The van der Waals surface area contributed by atoms with Crippen LogP contribution in [0.4, 0.5) is 0 Å². The van der Waals surface area contributed by atoms with Crippen LogP contribution in [0.15, 0.2) is 210 Å². The molecular weight excluding hydrogens is 699 g/mol. The van der Waals surface area contributed by atoms with Crippen LogP contribution in [0.2, 0.25) is 0 Å². The van der Waals surface area contributed by atoms with Crippen LogP contribution in [-0.2, 0) is 5.41 Å². The smallest absolute Gasteiger partial charge is 0.164 e. The maximum absolute atomic E-state index is 4.97. The van der Waals surface area contributed by atoms with Crippen molar-refractivity contribution in [3.8, 4) is 67.5 Å². The van der Waals surface area contributed by atoms with E-state index >= 15 is 0 Å². The summed E-state index contributed by atoms with van der Waals surface area (Å²) < 4.78 is 0. The van der Waals surface area contributed by atoms with E-state index in [0.717, 1.165) is 27.8 Å². The summed E-state index contributed by atoms with van der Waals surface area (Å²) in [7, 11) is 0. The first-order valence-electron chi connectivity index (χ1n) is 18.9. The largest absolute Gasteiger partial charge is 0.208 e. The lowest BCUT2D eigenvalue weighted by Gasteiger charge is -2.40. The molecule has 2 aliphatic rings. The van der Waals surface area contributed by atoms with E-state index in [-0.39, 0.29) is 0 Å². The van der Waals surface area contributed by atoms with E-state index in [2.05, 4.69) is 140 Å². The third-order valence-corrected chi connectivity index (χ3v) is 12.4. The number of rotatable bonds is 5. The minimum atomic E-state index is -0.392. The SMILES string of the molecule is c1ccc(-c2nc(-c3ccccc3)nc(-c3cccc(-c4ccc(-c5ccc6c(c5)C5(c7ccccc7S6)c6ccccc6-c6ccccc65)cc4)c3)n2)cc1. The van der Waals surface area contributed by atoms with E-state index in [1.165, 1.54) is 54.3 Å². The quantitative estimate of drug-likeness (QED) is 0.177. The van der Waals surface area contributed by atoms with E-state index in [1.807, 2.05) is 72.4 Å². The summed E-state index contributed by atoms with van der Waals surface area (Å²) in [5.41, 5.74) is 15.1. The molecule has 1 spiro atoms. The van der Waals surface area contributed by atoms with Gasteiger partial charge < -0.3 is 0 Å². The molecule has 1 aliphatic carbocycles. The number of hydrogen-bond acceptors (Lipinski definition) is 4. The predicted octanol–water partition coefficient (Wildman–Crippen LogP) is 13.0. The molecule has 8 aromatic carbocycles. The molecule has 11 rings (SSSR count). The second-order valence-corrected chi connectivity index (χ2v) is 15.4. The van der Waals surface area contributed by atoms with Crippen LogP contribution in [-0.4, -0.2) is 15.0 Å². The standard InChI is InChI=1S/C52H33N3S/c1-3-14-36(15-4-1)49-53-50(37-16-5-2-6-17-37)55-51(54-49)40-19-13-18-38(32-40)34-26-28-35(29-27-34)39-30-31-48-46(33-39)52(45-24-11-12-25-47(45)56-48)43-22-9-7-20-41(43)42-21-8-10-23-44(42)52/h1-33H. The van der Waals surface area contributed by atoms with Crippen molar-refractivity contribution < 1.29 is 0 Å². The minimum absolute atomic E-state index is 0.392. The van der Waals surface area contributed by atoms with Crippen molar-refractivity contribution in [2.24, 2.45) is 0 Å². The Hall–Kier alpha value is -6.88. The lowest BCUT2D eigenvalue weighted by molar-refractivity contribution is 0.723. The van der Waals surface area contributed by atoms with Gasteiger partial charge in [0.1, 0.15) is 0 Å². The topological polar surface area (TPSA) is 38.7 Å². The number of nitrogens with zero attached hydrogens (tertiary/aromatic N) is 3. The molecule has 9 aromatic rings. The molecule has 0 bridgehead atoms. The molecule has 0 fully saturated rings. The Bertz CT molecular complexity index is 2840. The number of aromatic nitrogens is 3. The highest BCUT2D eigenvalue weighted by molar-refractivity contribution is 7.99. The summed E-state index contributed by atoms with van der Waals surface area (Å²) in [5, 5.41) is 0. The van der Waals surface area contributed by atoms with Crippen molar-refractivity contribution in [3.63, 3.8) is 0 Å². The van der Waals surface area contributed by atoms with Crippen molar-refractivity contribution in [1.29, 1.82) is 0 Å². The maximum Gasteiger partial charge on any atom is 0.164 e. The molecule has 0 unspecified atom stereocenters. The van der Waals surface area contributed by atoms with E-state index < -0.39 is 5.41 Å². The number of fused-ring (bicyclic) bond motifs is 9. The second-order valence-electron chi connectivity index (χ2n) is 14.3. The fraction of sp³-hybridized carbons (Fsp3) is 0.0192. The van der Waals surface area contributed by atoms with Gasteiger partial charge in [-0.15, -0.1) is 0 Å². The number of benzene rings is 8. The summed E-state index contributed by atoms with van der Waals surface area (Å²) in [4.78, 5) is 17.4.